The Morgan fingerprint density at radius 1 is 0.486 bits per heavy atom. The highest BCUT2D eigenvalue weighted by molar-refractivity contribution is 5.86. The van der Waals surface area contributed by atoms with Crippen LogP contribution in [0.5, 0.6) is 0 Å². The van der Waals surface area contributed by atoms with Crippen molar-refractivity contribution in [3.05, 3.63) is 12.2 Å². The van der Waals surface area contributed by atoms with Crippen LogP contribution < -0.4 is 0 Å². The molecule has 0 aromatic carbocycles. The van der Waals surface area contributed by atoms with Gasteiger partial charge in [0.05, 0.1) is 112 Å². The van der Waals surface area contributed by atoms with Crippen LogP contribution in [0.15, 0.2) is 12.2 Å². The Morgan fingerprint density at radius 2 is 0.730 bits per heavy atom. The van der Waals surface area contributed by atoms with Gasteiger partial charge in [0.1, 0.15) is 13.2 Å². The molecule has 0 fully saturated rings. The molecule has 0 heterocycles. The van der Waals surface area contributed by atoms with Gasteiger partial charge in [0, 0.05) is 5.57 Å². The number of esters is 1. The lowest BCUT2D eigenvalue weighted by atomic mass is 10.4. The van der Waals surface area contributed by atoms with Gasteiger partial charge >= 0.3 is 11.9 Å². The standard InChI is InChI=1S/C24H44O13/c1-22(2)24(27)37-20-19-35-16-15-33-12-11-31-8-7-29-4-3-28-5-6-30-9-10-32-13-14-34-17-18-36-21-23(25)26/h1,3-21H2,2H3,(H,25,26). The Bertz CT molecular complexity index is 545. The van der Waals surface area contributed by atoms with Crippen molar-refractivity contribution in [3.63, 3.8) is 0 Å². The number of carboxylic acids is 1. The van der Waals surface area contributed by atoms with Gasteiger partial charge in [-0.1, -0.05) is 6.58 Å². The molecule has 37 heavy (non-hydrogen) atoms. The van der Waals surface area contributed by atoms with E-state index in [1.54, 1.807) is 6.92 Å². The number of hydrogen-bond acceptors (Lipinski definition) is 12. The first-order valence-electron chi connectivity index (χ1n) is 12.3. The molecule has 218 valence electrons. The number of carbonyl (C=O) groups excluding carboxylic acids is 1. The number of ether oxygens (including phenoxy) is 10. The molecular weight excluding hydrogens is 496 g/mol. The van der Waals surface area contributed by atoms with E-state index in [0.29, 0.717) is 111 Å². The first-order chi connectivity index (χ1) is 18.0. The highest BCUT2D eigenvalue weighted by Gasteiger charge is 2.02. The summed E-state index contributed by atoms with van der Waals surface area (Å²) in [5.74, 6) is -1.42. The van der Waals surface area contributed by atoms with Gasteiger partial charge in [-0.25, -0.2) is 9.59 Å². The monoisotopic (exact) mass is 540 g/mol. The first kappa shape index (κ1) is 35.3. The summed E-state index contributed by atoms with van der Waals surface area (Å²) in [7, 11) is 0. The zero-order valence-electron chi connectivity index (χ0n) is 22.0. The Kier molecular flexibility index (Phi) is 27.6. The predicted molar refractivity (Wildman–Crippen MR) is 131 cm³/mol. The molecule has 13 nitrogen and oxygen atoms in total. The Hall–Kier alpha value is -1.68. The number of carboxylic acid groups (broad SMARTS) is 1. The summed E-state index contributed by atoms with van der Waals surface area (Å²) in [4.78, 5) is 21.4. The van der Waals surface area contributed by atoms with Gasteiger partial charge in [0.15, 0.2) is 0 Å². The highest BCUT2D eigenvalue weighted by atomic mass is 16.6. The van der Waals surface area contributed by atoms with E-state index in [9.17, 15) is 9.59 Å². The smallest absolute Gasteiger partial charge is 0.333 e. The molecule has 0 spiro atoms. The SMILES string of the molecule is C=C(C)C(=O)OCCOCCOCCOCCOCCOCCOCCOCCOCCOCC(=O)O. The van der Waals surface area contributed by atoms with Crippen LogP contribution in [-0.4, -0.2) is 143 Å². The molecule has 0 aliphatic heterocycles. The van der Waals surface area contributed by atoms with Gasteiger partial charge < -0.3 is 52.5 Å². The molecule has 0 atom stereocenters. The van der Waals surface area contributed by atoms with Crippen molar-refractivity contribution in [2.75, 3.05) is 126 Å². The van der Waals surface area contributed by atoms with Crippen LogP contribution in [0.4, 0.5) is 0 Å². The summed E-state index contributed by atoms with van der Waals surface area (Å²) < 4.78 is 52.6. The Labute approximate surface area is 219 Å². The molecule has 0 aliphatic rings. The number of aliphatic carboxylic acids is 1. The van der Waals surface area contributed by atoms with Gasteiger partial charge in [-0.2, -0.15) is 0 Å². The zero-order chi connectivity index (χ0) is 27.2. The quantitative estimate of drug-likeness (QED) is 0.0759. The van der Waals surface area contributed by atoms with E-state index < -0.39 is 11.9 Å². The third kappa shape index (κ3) is 30.4. The third-order valence-corrected chi connectivity index (χ3v) is 4.01. The molecule has 1 N–H and O–H groups in total. The molecule has 0 bridgehead atoms. The normalized spacial score (nSPS) is 11.1. The molecule has 13 heteroatoms. The number of hydrogen-bond donors (Lipinski definition) is 1. The van der Waals surface area contributed by atoms with Crippen LogP contribution in [0.25, 0.3) is 0 Å². The fourth-order valence-electron chi connectivity index (χ4n) is 2.24. The molecule has 0 amide bonds. The lowest BCUT2D eigenvalue weighted by Crippen LogP contribution is -2.15. The summed E-state index contributed by atoms with van der Waals surface area (Å²) in [5.41, 5.74) is 0.365. The highest BCUT2D eigenvalue weighted by Crippen LogP contribution is 1.92. The van der Waals surface area contributed by atoms with E-state index in [1.165, 1.54) is 0 Å². The first-order valence-corrected chi connectivity index (χ1v) is 12.3. The average Bonchev–Trinajstić information content (AvgIpc) is 2.87. The molecule has 0 radical (unpaired) electrons. The molecule has 0 aromatic rings. The van der Waals surface area contributed by atoms with Gasteiger partial charge in [0.25, 0.3) is 0 Å². The van der Waals surface area contributed by atoms with E-state index in [4.69, 9.17) is 52.5 Å². The molecule has 0 unspecified atom stereocenters. The van der Waals surface area contributed by atoms with Crippen molar-refractivity contribution < 1.29 is 62.1 Å². The van der Waals surface area contributed by atoms with Crippen LogP contribution in [-0.2, 0) is 57.0 Å². The molecule has 0 aromatic heterocycles. The lowest BCUT2D eigenvalue weighted by Gasteiger charge is -2.09. The Morgan fingerprint density at radius 3 is 0.973 bits per heavy atom. The van der Waals surface area contributed by atoms with Gasteiger partial charge in [-0.3, -0.25) is 0 Å². The summed E-state index contributed by atoms with van der Waals surface area (Å²) in [6.07, 6.45) is 0. The fourth-order valence-corrected chi connectivity index (χ4v) is 2.24. The molecule has 0 saturated carbocycles. The van der Waals surface area contributed by atoms with E-state index in [1.807, 2.05) is 0 Å². The maximum absolute atomic E-state index is 11.1. The van der Waals surface area contributed by atoms with Crippen LogP contribution >= 0.6 is 0 Å². The second-order valence-electron chi connectivity index (χ2n) is 7.26. The average molecular weight is 541 g/mol. The van der Waals surface area contributed by atoms with E-state index >= 15 is 0 Å². The predicted octanol–water partition coefficient (Wildman–Crippen LogP) is 0.340. The minimum absolute atomic E-state index is 0.194. The van der Waals surface area contributed by atoms with Crippen molar-refractivity contribution in [1.29, 1.82) is 0 Å². The topological polar surface area (TPSA) is 147 Å². The van der Waals surface area contributed by atoms with Crippen molar-refractivity contribution in [2.45, 2.75) is 6.92 Å². The maximum Gasteiger partial charge on any atom is 0.333 e. The molecule has 0 saturated heterocycles. The van der Waals surface area contributed by atoms with Crippen LogP contribution in [0.2, 0.25) is 0 Å². The minimum atomic E-state index is -0.999. The molecule has 0 aliphatic carbocycles. The van der Waals surface area contributed by atoms with E-state index in [0.717, 1.165) is 0 Å². The summed E-state index contributed by atoms with van der Waals surface area (Å²) in [6, 6.07) is 0. The van der Waals surface area contributed by atoms with Crippen molar-refractivity contribution in [3.8, 4) is 0 Å². The van der Waals surface area contributed by atoms with Gasteiger partial charge in [-0.05, 0) is 6.92 Å². The Balaban J connectivity index is 3.07. The second kappa shape index (κ2) is 28.9. The summed E-state index contributed by atoms with van der Waals surface area (Å²) >= 11 is 0. The largest absolute Gasteiger partial charge is 0.480 e. The lowest BCUT2D eigenvalue weighted by molar-refractivity contribution is -0.143. The number of carbonyl (C=O) groups is 2. The van der Waals surface area contributed by atoms with Crippen LogP contribution in [0, 0.1) is 0 Å². The van der Waals surface area contributed by atoms with Crippen molar-refractivity contribution in [1.82, 2.24) is 0 Å². The van der Waals surface area contributed by atoms with Crippen molar-refractivity contribution >= 4 is 11.9 Å². The van der Waals surface area contributed by atoms with E-state index in [2.05, 4.69) is 6.58 Å². The van der Waals surface area contributed by atoms with E-state index in [-0.39, 0.29) is 19.8 Å². The molecule has 0 rings (SSSR count). The van der Waals surface area contributed by atoms with Gasteiger partial charge in [-0.15, -0.1) is 0 Å². The summed E-state index contributed by atoms with van der Waals surface area (Å²) in [5, 5.41) is 8.40. The van der Waals surface area contributed by atoms with Crippen molar-refractivity contribution in [2.24, 2.45) is 0 Å². The zero-order valence-corrected chi connectivity index (χ0v) is 22.0. The summed E-state index contributed by atoms with van der Waals surface area (Å²) in [6.45, 7) is 12.2. The van der Waals surface area contributed by atoms with Crippen LogP contribution in [0.3, 0.4) is 0 Å². The maximum atomic E-state index is 11.1. The minimum Gasteiger partial charge on any atom is -0.480 e. The van der Waals surface area contributed by atoms with Crippen LogP contribution in [0.1, 0.15) is 6.92 Å². The third-order valence-electron chi connectivity index (χ3n) is 4.01. The van der Waals surface area contributed by atoms with Gasteiger partial charge in [0.2, 0.25) is 0 Å². The second-order valence-corrected chi connectivity index (χ2v) is 7.26. The molecular formula is C24H44O13. The number of rotatable bonds is 30. The fraction of sp³-hybridized carbons (Fsp3) is 0.833.